The Morgan fingerprint density at radius 2 is 0.613 bits per heavy atom. The lowest BCUT2D eigenvalue weighted by atomic mass is 9.77. The molecule has 0 aromatic heterocycles. The summed E-state index contributed by atoms with van der Waals surface area (Å²) in [5, 5.41) is 2.61. The highest BCUT2D eigenvalue weighted by atomic mass is 15.1. The summed E-state index contributed by atoms with van der Waals surface area (Å²) < 4.78 is 0. The van der Waals surface area contributed by atoms with E-state index in [-0.39, 0.29) is 5.41 Å². The van der Waals surface area contributed by atoms with Crippen LogP contribution < -0.4 is 4.90 Å². The normalized spacial score (nSPS) is 12.5. The molecule has 0 heterocycles. The van der Waals surface area contributed by atoms with Crippen molar-refractivity contribution in [3.63, 3.8) is 0 Å². The Labute approximate surface area is 364 Å². The zero-order valence-electron chi connectivity index (χ0n) is 35.0. The van der Waals surface area contributed by atoms with Crippen LogP contribution in [0.3, 0.4) is 0 Å². The first-order valence-electron chi connectivity index (χ1n) is 21.6. The first kappa shape index (κ1) is 37.3. The first-order valence-corrected chi connectivity index (χ1v) is 21.6. The number of nitrogens with zero attached hydrogens (tertiary/aromatic N) is 1. The van der Waals surface area contributed by atoms with Gasteiger partial charge in [0.05, 0.1) is 0 Å². The number of fused-ring (bicyclic) bond motifs is 5. The molecule has 0 spiro atoms. The molecule has 0 fully saturated rings. The Morgan fingerprint density at radius 3 is 1.10 bits per heavy atom. The van der Waals surface area contributed by atoms with Crippen LogP contribution in [-0.4, -0.2) is 0 Å². The van der Waals surface area contributed by atoms with Gasteiger partial charge in [-0.25, -0.2) is 0 Å². The largest absolute Gasteiger partial charge is 0.311 e. The highest BCUT2D eigenvalue weighted by Gasteiger charge is 2.39. The molecule has 10 aromatic carbocycles. The molecule has 0 aliphatic heterocycles. The predicted molar refractivity (Wildman–Crippen MR) is 263 cm³/mol. The highest BCUT2D eigenvalue weighted by molar-refractivity contribution is 6.14. The van der Waals surface area contributed by atoms with Crippen LogP contribution in [0.15, 0.2) is 237 Å². The van der Waals surface area contributed by atoms with Crippen LogP contribution in [0, 0.1) is 0 Å². The van der Waals surface area contributed by atoms with Crippen molar-refractivity contribution in [2.75, 3.05) is 4.90 Å². The zero-order chi connectivity index (χ0) is 41.6. The Balaban J connectivity index is 0.984. The molecular formula is C61H45N. The van der Waals surface area contributed by atoms with Crippen LogP contribution in [0.5, 0.6) is 0 Å². The van der Waals surface area contributed by atoms with Gasteiger partial charge in [-0.3, -0.25) is 0 Å². The molecule has 0 saturated heterocycles. The molecule has 1 heteroatoms. The van der Waals surface area contributed by atoms with E-state index in [1.807, 2.05) is 0 Å². The average molecular weight is 792 g/mol. The van der Waals surface area contributed by atoms with Gasteiger partial charge < -0.3 is 4.90 Å². The topological polar surface area (TPSA) is 3.24 Å². The van der Waals surface area contributed by atoms with Gasteiger partial charge in [0.25, 0.3) is 0 Å². The van der Waals surface area contributed by atoms with E-state index < -0.39 is 0 Å². The minimum Gasteiger partial charge on any atom is -0.311 e. The van der Waals surface area contributed by atoms with Crippen molar-refractivity contribution in [3.8, 4) is 66.8 Å². The molecule has 11 rings (SSSR count). The SMILES string of the molecule is CC1(C)c2ccccc2-c2c(-c3ccccc3)c(-c3ccc(-c4ccc(N(c5ccc(-c6ccccc6)cc5)c5ccc(-c6ccccc6)cc5)cc4)cc3)c3ccccc3c21. The fraction of sp³-hybridized carbons (Fsp3) is 0.0492. The molecule has 0 bridgehead atoms. The Morgan fingerprint density at radius 1 is 0.274 bits per heavy atom. The van der Waals surface area contributed by atoms with Crippen LogP contribution in [0.1, 0.15) is 25.0 Å². The number of hydrogen-bond donors (Lipinski definition) is 0. The molecule has 294 valence electrons. The summed E-state index contributed by atoms with van der Waals surface area (Å²) in [5.74, 6) is 0. The zero-order valence-corrected chi connectivity index (χ0v) is 35.0. The van der Waals surface area contributed by atoms with Gasteiger partial charge in [-0.15, -0.1) is 0 Å². The van der Waals surface area contributed by atoms with Gasteiger partial charge in [0.1, 0.15) is 0 Å². The predicted octanol–water partition coefficient (Wildman–Crippen LogP) is 17.0. The van der Waals surface area contributed by atoms with E-state index in [9.17, 15) is 0 Å². The summed E-state index contributed by atoms with van der Waals surface area (Å²) in [7, 11) is 0. The summed E-state index contributed by atoms with van der Waals surface area (Å²) in [6.07, 6.45) is 0. The first-order chi connectivity index (χ1) is 30.5. The van der Waals surface area contributed by atoms with Gasteiger partial charge in [-0.2, -0.15) is 0 Å². The second-order valence-corrected chi connectivity index (χ2v) is 16.9. The van der Waals surface area contributed by atoms with Crippen LogP contribution in [-0.2, 0) is 5.41 Å². The van der Waals surface area contributed by atoms with E-state index in [2.05, 4.69) is 255 Å². The van der Waals surface area contributed by atoms with Crippen molar-refractivity contribution >= 4 is 27.8 Å². The molecule has 0 saturated carbocycles. The lowest BCUT2D eigenvalue weighted by Crippen LogP contribution is -2.15. The molecule has 10 aromatic rings. The fourth-order valence-corrected chi connectivity index (χ4v) is 9.88. The Bertz CT molecular complexity index is 3100. The minimum atomic E-state index is -0.129. The molecular weight excluding hydrogens is 747 g/mol. The molecule has 0 unspecified atom stereocenters. The van der Waals surface area contributed by atoms with E-state index >= 15 is 0 Å². The van der Waals surface area contributed by atoms with Crippen molar-refractivity contribution in [1.29, 1.82) is 0 Å². The number of hydrogen-bond acceptors (Lipinski definition) is 1. The quantitative estimate of drug-likeness (QED) is 0.148. The van der Waals surface area contributed by atoms with Gasteiger partial charge in [0.15, 0.2) is 0 Å². The van der Waals surface area contributed by atoms with Crippen LogP contribution in [0.2, 0.25) is 0 Å². The Kier molecular flexibility index (Phi) is 9.24. The van der Waals surface area contributed by atoms with Gasteiger partial charge in [-0.1, -0.05) is 214 Å². The van der Waals surface area contributed by atoms with Crippen LogP contribution in [0.25, 0.3) is 77.5 Å². The molecule has 0 radical (unpaired) electrons. The lowest BCUT2D eigenvalue weighted by molar-refractivity contribution is 0.666. The standard InChI is InChI=1S/C61H45N/c1-61(2)56-25-15-14-24-55(56)59-58(48-20-10-5-11-21-48)57(53-22-12-13-23-54(53)60(59)61)49-28-26-44(27-29-49)47-34-40-52(41-35-47)62(50-36-30-45(31-37-50)42-16-6-3-7-17-42)51-38-32-46(33-39-51)43-18-8-4-9-19-43/h3-41H,1-2H3. The molecule has 1 aliphatic rings. The second-order valence-electron chi connectivity index (χ2n) is 16.9. The minimum absolute atomic E-state index is 0.129. The summed E-state index contributed by atoms with van der Waals surface area (Å²) in [5.41, 5.74) is 20.9. The van der Waals surface area contributed by atoms with Gasteiger partial charge in [0, 0.05) is 22.5 Å². The third kappa shape index (κ3) is 6.42. The third-order valence-corrected chi connectivity index (χ3v) is 12.9. The summed E-state index contributed by atoms with van der Waals surface area (Å²) in [6.45, 7) is 4.78. The summed E-state index contributed by atoms with van der Waals surface area (Å²) in [4.78, 5) is 2.35. The molecule has 1 nitrogen and oxygen atoms in total. The average Bonchev–Trinajstić information content (AvgIpc) is 3.59. The fourth-order valence-electron chi connectivity index (χ4n) is 9.88. The maximum absolute atomic E-state index is 2.39. The van der Waals surface area contributed by atoms with Gasteiger partial charge in [0.2, 0.25) is 0 Å². The van der Waals surface area contributed by atoms with Crippen molar-refractivity contribution in [3.05, 3.63) is 248 Å². The van der Waals surface area contributed by atoms with E-state index in [0.717, 1.165) is 17.1 Å². The molecule has 1 aliphatic carbocycles. The summed E-state index contributed by atoms with van der Waals surface area (Å²) >= 11 is 0. The maximum Gasteiger partial charge on any atom is 0.0462 e. The highest BCUT2D eigenvalue weighted by Crippen LogP contribution is 2.57. The van der Waals surface area contributed by atoms with Crippen molar-refractivity contribution in [2.45, 2.75) is 19.3 Å². The van der Waals surface area contributed by atoms with E-state index in [1.54, 1.807) is 0 Å². The number of anilines is 3. The van der Waals surface area contributed by atoms with Crippen LogP contribution in [0.4, 0.5) is 17.1 Å². The maximum atomic E-state index is 2.39. The third-order valence-electron chi connectivity index (χ3n) is 12.9. The van der Waals surface area contributed by atoms with Gasteiger partial charge >= 0.3 is 0 Å². The van der Waals surface area contributed by atoms with Crippen molar-refractivity contribution in [1.82, 2.24) is 0 Å². The van der Waals surface area contributed by atoms with Gasteiger partial charge in [-0.05, 0) is 125 Å². The smallest absolute Gasteiger partial charge is 0.0462 e. The molecule has 62 heavy (non-hydrogen) atoms. The molecule has 0 atom stereocenters. The summed E-state index contributed by atoms with van der Waals surface area (Å²) in [6, 6.07) is 86.2. The van der Waals surface area contributed by atoms with Crippen molar-refractivity contribution < 1.29 is 0 Å². The number of rotatable bonds is 8. The monoisotopic (exact) mass is 791 g/mol. The van der Waals surface area contributed by atoms with E-state index in [4.69, 9.17) is 0 Å². The van der Waals surface area contributed by atoms with Crippen LogP contribution >= 0.6 is 0 Å². The number of benzene rings is 10. The molecule has 0 amide bonds. The van der Waals surface area contributed by atoms with E-state index in [1.165, 1.54) is 88.7 Å². The molecule has 0 N–H and O–H groups in total. The van der Waals surface area contributed by atoms with Crippen molar-refractivity contribution in [2.24, 2.45) is 0 Å². The Hall–Kier alpha value is -7.74. The second kappa shape index (κ2) is 15.4. The van der Waals surface area contributed by atoms with E-state index in [0.29, 0.717) is 0 Å². The lowest BCUT2D eigenvalue weighted by Gasteiger charge is -2.26.